The Hall–Kier alpha value is -1.16. The Bertz CT molecular complexity index is 244. The molecule has 1 aliphatic rings. The van der Waals surface area contributed by atoms with Crippen LogP contribution >= 0.6 is 0 Å². The smallest absolute Gasteiger partial charge is 0.147 e. The molecule has 2 rings (SSSR count). The minimum Gasteiger partial charge on any atom is -0.353 e. The number of nitrogens with zero attached hydrogens (tertiary/aromatic N) is 3. The number of anilines is 1. The highest BCUT2D eigenvalue weighted by molar-refractivity contribution is 5.36. The summed E-state index contributed by atoms with van der Waals surface area (Å²) in [6.07, 6.45) is 5.20. The van der Waals surface area contributed by atoms with Gasteiger partial charge in [0.25, 0.3) is 0 Å². The summed E-state index contributed by atoms with van der Waals surface area (Å²) >= 11 is 0. The third kappa shape index (κ3) is 1.25. The van der Waals surface area contributed by atoms with Crippen molar-refractivity contribution in [2.75, 3.05) is 25.0 Å². The van der Waals surface area contributed by atoms with Gasteiger partial charge >= 0.3 is 0 Å². The largest absolute Gasteiger partial charge is 0.353 e. The predicted molar refractivity (Wildman–Crippen MR) is 47.1 cm³/mol. The summed E-state index contributed by atoms with van der Waals surface area (Å²) in [6.45, 7) is 2.10. The molecule has 4 nitrogen and oxygen atoms in total. The highest BCUT2D eigenvalue weighted by Crippen LogP contribution is 2.11. The van der Waals surface area contributed by atoms with E-state index in [0.717, 1.165) is 18.9 Å². The molecule has 0 amide bonds. The predicted octanol–water partition coefficient (Wildman–Crippen LogP) is -0.115. The molecule has 0 atom stereocenters. The Morgan fingerprint density at radius 2 is 2.33 bits per heavy atom. The summed E-state index contributed by atoms with van der Waals surface area (Å²) in [6, 6.07) is 0.585. The van der Waals surface area contributed by atoms with Crippen LogP contribution in [0, 0.1) is 0 Å². The van der Waals surface area contributed by atoms with Crippen LogP contribution in [-0.2, 0) is 0 Å². The number of nitrogens with one attached hydrogen (secondary N) is 1. The first-order valence-electron chi connectivity index (χ1n) is 4.07. The molecule has 0 aromatic carbocycles. The van der Waals surface area contributed by atoms with E-state index in [-0.39, 0.29) is 0 Å². The van der Waals surface area contributed by atoms with Gasteiger partial charge < -0.3 is 10.2 Å². The maximum atomic E-state index is 4.22. The molecule has 0 unspecified atom stereocenters. The number of aromatic nitrogens is 2. The summed E-state index contributed by atoms with van der Waals surface area (Å²) in [7, 11) is 2.05. The normalized spacial score (nSPS) is 17.1. The standard InChI is InChI=1S/C8H12N4/c1-12(7-4-10-5-7)8-6-9-2-3-11-8/h2-3,6-7,10H,4-5H2,1H3. The van der Waals surface area contributed by atoms with Crippen molar-refractivity contribution >= 4 is 5.82 Å². The minimum atomic E-state index is 0.585. The zero-order chi connectivity index (χ0) is 8.39. The summed E-state index contributed by atoms with van der Waals surface area (Å²) in [5.41, 5.74) is 0. The average Bonchev–Trinajstić information content (AvgIpc) is 2.03. The first kappa shape index (κ1) is 7.49. The molecule has 0 radical (unpaired) electrons. The van der Waals surface area contributed by atoms with E-state index < -0.39 is 0 Å². The van der Waals surface area contributed by atoms with Crippen LogP contribution in [0.2, 0.25) is 0 Å². The maximum absolute atomic E-state index is 4.22. The van der Waals surface area contributed by atoms with E-state index in [4.69, 9.17) is 0 Å². The van der Waals surface area contributed by atoms with E-state index in [0.29, 0.717) is 6.04 Å². The number of hydrogen-bond donors (Lipinski definition) is 1. The first-order chi connectivity index (χ1) is 5.88. The van der Waals surface area contributed by atoms with Crippen molar-refractivity contribution in [3.8, 4) is 0 Å². The van der Waals surface area contributed by atoms with E-state index in [2.05, 4.69) is 27.2 Å². The van der Waals surface area contributed by atoms with Crippen LogP contribution in [0.15, 0.2) is 18.6 Å². The van der Waals surface area contributed by atoms with Crippen LogP contribution in [0.25, 0.3) is 0 Å². The van der Waals surface area contributed by atoms with Crippen molar-refractivity contribution < 1.29 is 0 Å². The Labute approximate surface area is 71.6 Å². The molecule has 12 heavy (non-hydrogen) atoms. The summed E-state index contributed by atoms with van der Waals surface area (Å²) in [5, 5.41) is 3.22. The lowest BCUT2D eigenvalue weighted by Gasteiger charge is -2.36. The Balaban J connectivity index is 2.08. The molecule has 0 spiro atoms. The third-order valence-electron chi connectivity index (χ3n) is 2.22. The monoisotopic (exact) mass is 164 g/mol. The molecule has 0 aliphatic carbocycles. The molecule has 1 aromatic heterocycles. The topological polar surface area (TPSA) is 41.1 Å². The summed E-state index contributed by atoms with van der Waals surface area (Å²) in [5.74, 6) is 0.948. The molecule has 0 saturated carbocycles. The molecule has 1 aliphatic heterocycles. The van der Waals surface area contributed by atoms with Crippen molar-refractivity contribution in [1.29, 1.82) is 0 Å². The second-order valence-electron chi connectivity index (χ2n) is 2.99. The van der Waals surface area contributed by atoms with Gasteiger partial charge in [-0.3, -0.25) is 4.98 Å². The van der Waals surface area contributed by atoms with Crippen molar-refractivity contribution in [1.82, 2.24) is 15.3 Å². The van der Waals surface area contributed by atoms with Crippen LogP contribution in [0.1, 0.15) is 0 Å². The van der Waals surface area contributed by atoms with Gasteiger partial charge in [-0.1, -0.05) is 0 Å². The first-order valence-corrected chi connectivity index (χ1v) is 4.07. The van der Waals surface area contributed by atoms with Gasteiger partial charge in [-0.15, -0.1) is 0 Å². The second kappa shape index (κ2) is 3.06. The zero-order valence-electron chi connectivity index (χ0n) is 7.07. The van der Waals surface area contributed by atoms with Gasteiger partial charge in [0, 0.05) is 32.5 Å². The maximum Gasteiger partial charge on any atom is 0.147 e. The lowest BCUT2D eigenvalue weighted by atomic mass is 10.1. The lowest BCUT2D eigenvalue weighted by molar-refractivity contribution is 0.426. The molecular weight excluding hydrogens is 152 g/mol. The zero-order valence-corrected chi connectivity index (χ0v) is 7.07. The van der Waals surface area contributed by atoms with Gasteiger partial charge in [0.2, 0.25) is 0 Å². The number of rotatable bonds is 2. The Kier molecular flexibility index (Phi) is 1.91. The van der Waals surface area contributed by atoms with Gasteiger partial charge in [-0.2, -0.15) is 0 Å². The summed E-state index contributed by atoms with van der Waals surface area (Å²) < 4.78 is 0. The van der Waals surface area contributed by atoms with Gasteiger partial charge in [0.1, 0.15) is 5.82 Å². The lowest BCUT2D eigenvalue weighted by Crippen LogP contribution is -2.56. The van der Waals surface area contributed by atoms with E-state index in [9.17, 15) is 0 Å². The molecule has 1 N–H and O–H groups in total. The van der Waals surface area contributed by atoms with Crippen LogP contribution in [-0.4, -0.2) is 36.1 Å². The van der Waals surface area contributed by atoms with E-state index in [1.165, 1.54) is 0 Å². The third-order valence-corrected chi connectivity index (χ3v) is 2.22. The number of likely N-dealkylation sites (N-methyl/N-ethyl adjacent to an activating group) is 1. The SMILES string of the molecule is CN(c1cnccn1)C1CNC1. The Morgan fingerprint density at radius 3 is 2.83 bits per heavy atom. The fraction of sp³-hybridized carbons (Fsp3) is 0.500. The molecule has 1 aromatic rings. The van der Waals surface area contributed by atoms with Crippen molar-refractivity contribution in [2.45, 2.75) is 6.04 Å². The van der Waals surface area contributed by atoms with Crippen LogP contribution < -0.4 is 10.2 Å². The fourth-order valence-corrected chi connectivity index (χ4v) is 1.21. The molecule has 1 saturated heterocycles. The van der Waals surface area contributed by atoms with Crippen molar-refractivity contribution in [3.05, 3.63) is 18.6 Å². The van der Waals surface area contributed by atoms with Crippen LogP contribution in [0.5, 0.6) is 0 Å². The van der Waals surface area contributed by atoms with Crippen molar-refractivity contribution in [3.63, 3.8) is 0 Å². The van der Waals surface area contributed by atoms with Gasteiger partial charge in [-0.25, -0.2) is 4.98 Å². The average molecular weight is 164 g/mol. The van der Waals surface area contributed by atoms with Gasteiger partial charge in [-0.05, 0) is 0 Å². The Morgan fingerprint density at radius 1 is 1.50 bits per heavy atom. The molecule has 0 bridgehead atoms. The molecule has 4 heteroatoms. The van der Waals surface area contributed by atoms with Gasteiger partial charge in [0.05, 0.1) is 12.2 Å². The molecule has 1 fully saturated rings. The highest BCUT2D eigenvalue weighted by atomic mass is 15.3. The molecular formula is C8H12N4. The number of hydrogen-bond acceptors (Lipinski definition) is 4. The van der Waals surface area contributed by atoms with Gasteiger partial charge in [0.15, 0.2) is 0 Å². The van der Waals surface area contributed by atoms with E-state index in [1.54, 1.807) is 18.6 Å². The van der Waals surface area contributed by atoms with Crippen molar-refractivity contribution in [2.24, 2.45) is 0 Å². The second-order valence-corrected chi connectivity index (χ2v) is 2.99. The minimum absolute atomic E-state index is 0.585. The van der Waals surface area contributed by atoms with E-state index in [1.807, 2.05) is 0 Å². The fourth-order valence-electron chi connectivity index (χ4n) is 1.21. The van der Waals surface area contributed by atoms with Crippen LogP contribution in [0.4, 0.5) is 5.82 Å². The molecule has 64 valence electrons. The highest BCUT2D eigenvalue weighted by Gasteiger charge is 2.22. The summed E-state index contributed by atoms with van der Waals surface area (Å²) in [4.78, 5) is 10.4. The quantitative estimate of drug-likeness (QED) is 0.662. The van der Waals surface area contributed by atoms with Crippen LogP contribution in [0.3, 0.4) is 0 Å². The van der Waals surface area contributed by atoms with E-state index >= 15 is 0 Å². The molecule has 2 heterocycles.